The van der Waals surface area contributed by atoms with E-state index < -0.39 is 0 Å². The number of amides is 2. The molecule has 2 aliphatic rings. The molecule has 1 aromatic rings. The first-order valence-electron chi connectivity index (χ1n) is 9.24. The Hall–Kier alpha value is -2.35. The van der Waals surface area contributed by atoms with Crippen LogP contribution in [0, 0.1) is 17.2 Å². The van der Waals surface area contributed by atoms with Crippen LogP contribution in [0.3, 0.4) is 0 Å². The highest BCUT2D eigenvalue weighted by molar-refractivity contribution is 5.94. The van der Waals surface area contributed by atoms with Crippen molar-refractivity contribution in [2.24, 2.45) is 5.92 Å². The second-order valence-corrected chi connectivity index (χ2v) is 7.05. The Morgan fingerprint density at radius 3 is 2.20 bits per heavy atom. The molecule has 0 unspecified atom stereocenters. The van der Waals surface area contributed by atoms with E-state index in [-0.39, 0.29) is 11.8 Å². The van der Waals surface area contributed by atoms with Crippen molar-refractivity contribution in [2.45, 2.75) is 38.5 Å². The summed E-state index contributed by atoms with van der Waals surface area (Å²) in [6, 6.07) is 8.77. The van der Waals surface area contributed by atoms with Crippen molar-refractivity contribution >= 4 is 11.8 Å². The fourth-order valence-electron chi connectivity index (χ4n) is 3.81. The van der Waals surface area contributed by atoms with E-state index in [9.17, 15) is 9.59 Å². The molecular formula is C20H25N3O2. The van der Waals surface area contributed by atoms with Crippen LogP contribution < -0.4 is 0 Å². The quantitative estimate of drug-likeness (QED) is 0.847. The normalized spacial score (nSPS) is 18.2. The number of nitriles is 1. The average Bonchev–Trinajstić information content (AvgIpc) is 3.19. The van der Waals surface area contributed by atoms with Crippen molar-refractivity contribution in [3.8, 4) is 6.07 Å². The summed E-state index contributed by atoms with van der Waals surface area (Å²) in [4.78, 5) is 28.6. The lowest BCUT2D eigenvalue weighted by molar-refractivity contribution is -0.133. The predicted octanol–water partition coefficient (Wildman–Crippen LogP) is 2.81. The van der Waals surface area contributed by atoms with E-state index in [1.165, 1.54) is 25.7 Å². The van der Waals surface area contributed by atoms with Crippen LogP contribution in [0.25, 0.3) is 0 Å². The summed E-state index contributed by atoms with van der Waals surface area (Å²) in [6.45, 7) is 2.39. The smallest absolute Gasteiger partial charge is 0.253 e. The predicted molar refractivity (Wildman–Crippen MR) is 94.8 cm³/mol. The number of carbonyl (C=O) groups excluding carboxylic acids is 2. The zero-order valence-electron chi connectivity index (χ0n) is 14.6. The van der Waals surface area contributed by atoms with Crippen molar-refractivity contribution in [1.82, 2.24) is 9.80 Å². The zero-order chi connectivity index (χ0) is 17.6. The first-order valence-corrected chi connectivity index (χ1v) is 9.24. The van der Waals surface area contributed by atoms with Crippen molar-refractivity contribution in [1.29, 1.82) is 5.26 Å². The van der Waals surface area contributed by atoms with Crippen LogP contribution in [0.15, 0.2) is 24.3 Å². The number of nitrogens with zero attached hydrogens (tertiary/aromatic N) is 3. The molecular weight excluding hydrogens is 314 g/mol. The first kappa shape index (κ1) is 17.5. The molecule has 5 heteroatoms. The highest BCUT2D eigenvalue weighted by atomic mass is 16.2. The monoisotopic (exact) mass is 339 g/mol. The molecule has 1 saturated carbocycles. The largest absolute Gasteiger partial charge is 0.339 e. The Morgan fingerprint density at radius 2 is 1.60 bits per heavy atom. The summed E-state index contributed by atoms with van der Waals surface area (Å²) < 4.78 is 0. The molecule has 0 radical (unpaired) electrons. The summed E-state index contributed by atoms with van der Waals surface area (Å²) in [6.07, 6.45) is 6.85. The molecule has 0 N–H and O–H groups in total. The Morgan fingerprint density at radius 1 is 1.00 bits per heavy atom. The molecule has 3 rings (SSSR count). The fourth-order valence-corrected chi connectivity index (χ4v) is 3.81. The van der Waals surface area contributed by atoms with Crippen LogP contribution in [0.5, 0.6) is 0 Å². The SMILES string of the molecule is N#Cc1ccc(C(=O)N2CCN(C(=O)CCC3CCCC3)CC2)cc1. The lowest BCUT2D eigenvalue weighted by Crippen LogP contribution is -2.50. The van der Waals surface area contributed by atoms with Crippen molar-refractivity contribution in [2.75, 3.05) is 26.2 Å². The summed E-state index contributed by atoms with van der Waals surface area (Å²) in [5.74, 6) is 0.947. The van der Waals surface area contributed by atoms with Crippen molar-refractivity contribution < 1.29 is 9.59 Å². The molecule has 1 aromatic carbocycles. The highest BCUT2D eigenvalue weighted by Crippen LogP contribution is 2.28. The minimum atomic E-state index is -0.0254. The lowest BCUT2D eigenvalue weighted by atomic mass is 10.0. The van der Waals surface area contributed by atoms with E-state index in [1.807, 2.05) is 4.90 Å². The van der Waals surface area contributed by atoms with Gasteiger partial charge in [0.2, 0.25) is 5.91 Å². The lowest BCUT2D eigenvalue weighted by Gasteiger charge is -2.35. The summed E-state index contributed by atoms with van der Waals surface area (Å²) in [5, 5.41) is 8.83. The van der Waals surface area contributed by atoms with Gasteiger partial charge in [-0.25, -0.2) is 0 Å². The Bertz CT molecular complexity index is 649. The van der Waals surface area contributed by atoms with Gasteiger partial charge in [0.1, 0.15) is 0 Å². The molecule has 0 atom stereocenters. The number of hydrogen-bond acceptors (Lipinski definition) is 3. The van der Waals surface area contributed by atoms with E-state index >= 15 is 0 Å². The third-order valence-corrected chi connectivity index (χ3v) is 5.42. The molecule has 0 bridgehead atoms. The number of rotatable bonds is 4. The van der Waals surface area contributed by atoms with Crippen LogP contribution in [0.1, 0.15) is 54.4 Å². The fraction of sp³-hybridized carbons (Fsp3) is 0.550. The topological polar surface area (TPSA) is 64.4 Å². The number of hydrogen-bond donors (Lipinski definition) is 0. The van der Waals surface area contributed by atoms with Crippen LogP contribution >= 0.6 is 0 Å². The Labute approximate surface area is 149 Å². The molecule has 1 saturated heterocycles. The van der Waals surface area contributed by atoms with Gasteiger partial charge in [0.25, 0.3) is 5.91 Å². The minimum absolute atomic E-state index is 0.0254. The van der Waals surface area contributed by atoms with E-state index in [1.54, 1.807) is 29.2 Å². The maximum Gasteiger partial charge on any atom is 0.253 e. The standard InChI is InChI=1S/C20H25N3O2/c21-15-17-5-8-18(9-6-17)20(25)23-13-11-22(12-14-23)19(24)10-7-16-3-1-2-4-16/h5-6,8-9,16H,1-4,7,10-14H2. The molecule has 1 aliphatic heterocycles. The molecule has 1 aliphatic carbocycles. The van der Waals surface area contributed by atoms with Gasteiger partial charge in [0.15, 0.2) is 0 Å². The molecule has 132 valence electrons. The van der Waals surface area contributed by atoms with Gasteiger partial charge in [-0.1, -0.05) is 25.7 Å². The van der Waals surface area contributed by atoms with E-state index in [2.05, 4.69) is 6.07 Å². The van der Waals surface area contributed by atoms with Crippen molar-refractivity contribution in [3.63, 3.8) is 0 Å². The van der Waals surface area contributed by atoms with Gasteiger partial charge in [0.05, 0.1) is 11.6 Å². The van der Waals surface area contributed by atoms with E-state index in [0.717, 1.165) is 12.3 Å². The molecule has 0 spiro atoms. The van der Waals surface area contributed by atoms with E-state index in [0.29, 0.717) is 43.7 Å². The maximum atomic E-state index is 12.5. The van der Waals surface area contributed by atoms with Gasteiger partial charge < -0.3 is 9.80 Å². The molecule has 1 heterocycles. The average molecular weight is 339 g/mol. The van der Waals surface area contributed by atoms with Gasteiger partial charge in [0, 0.05) is 38.2 Å². The Balaban J connectivity index is 1.46. The molecule has 2 amide bonds. The second-order valence-electron chi connectivity index (χ2n) is 7.05. The Kier molecular flexibility index (Phi) is 5.70. The number of piperazine rings is 1. The summed E-state index contributed by atoms with van der Waals surface area (Å²) >= 11 is 0. The van der Waals surface area contributed by atoms with Crippen LogP contribution in [0.4, 0.5) is 0 Å². The van der Waals surface area contributed by atoms with Crippen LogP contribution in [-0.4, -0.2) is 47.8 Å². The van der Waals surface area contributed by atoms with Crippen LogP contribution in [0.2, 0.25) is 0 Å². The summed E-state index contributed by atoms with van der Waals surface area (Å²) in [5.41, 5.74) is 1.15. The molecule has 5 nitrogen and oxygen atoms in total. The van der Waals surface area contributed by atoms with Gasteiger partial charge in [-0.3, -0.25) is 9.59 Å². The molecule has 25 heavy (non-hydrogen) atoms. The third-order valence-electron chi connectivity index (χ3n) is 5.42. The van der Waals surface area contributed by atoms with Gasteiger partial charge in [-0.15, -0.1) is 0 Å². The highest BCUT2D eigenvalue weighted by Gasteiger charge is 2.25. The first-order chi connectivity index (χ1) is 12.2. The van der Waals surface area contributed by atoms with Crippen molar-refractivity contribution in [3.05, 3.63) is 35.4 Å². The van der Waals surface area contributed by atoms with Gasteiger partial charge in [-0.2, -0.15) is 5.26 Å². The third kappa shape index (κ3) is 4.39. The van der Waals surface area contributed by atoms with E-state index in [4.69, 9.17) is 5.26 Å². The molecule has 2 fully saturated rings. The zero-order valence-corrected chi connectivity index (χ0v) is 14.6. The second kappa shape index (κ2) is 8.15. The number of benzene rings is 1. The minimum Gasteiger partial charge on any atom is -0.339 e. The molecule has 0 aromatic heterocycles. The maximum absolute atomic E-state index is 12.5. The van der Waals surface area contributed by atoms with Crippen LogP contribution in [-0.2, 0) is 4.79 Å². The number of carbonyl (C=O) groups is 2. The van der Waals surface area contributed by atoms with Gasteiger partial charge >= 0.3 is 0 Å². The summed E-state index contributed by atoms with van der Waals surface area (Å²) in [7, 11) is 0. The van der Waals surface area contributed by atoms with Gasteiger partial charge in [-0.05, 0) is 36.6 Å².